The zero-order valence-electron chi connectivity index (χ0n) is 5.59. The first-order valence-electron chi connectivity index (χ1n) is 2.76. The van der Waals surface area contributed by atoms with Crippen molar-refractivity contribution in [2.75, 3.05) is 6.61 Å². The molecule has 0 aliphatic heterocycles. The van der Waals surface area contributed by atoms with Gasteiger partial charge in [-0.15, -0.1) is 0 Å². The minimum absolute atomic E-state index is 0.495. The van der Waals surface area contributed by atoms with E-state index >= 15 is 0 Å². The Balaban J connectivity index is 3.45. The third-order valence-electron chi connectivity index (χ3n) is 0.657. The molecule has 1 N–H and O–H groups in total. The Hall–Kier alpha value is -1.32. The van der Waals surface area contributed by atoms with Gasteiger partial charge < -0.3 is 4.74 Å². The molecule has 0 bridgehead atoms. The Labute approximate surface area is 58.9 Å². The monoisotopic (exact) mass is 142 g/mol. The zero-order chi connectivity index (χ0) is 7.82. The lowest BCUT2D eigenvalue weighted by Gasteiger charge is -1.90. The molecule has 0 unspecified atom stereocenters. The Morgan fingerprint density at radius 1 is 1.80 bits per heavy atom. The van der Waals surface area contributed by atoms with Crippen molar-refractivity contribution in [3.05, 3.63) is 12.3 Å². The molecule has 10 heavy (non-hydrogen) atoms. The highest BCUT2D eigenvalue weighted by atomic mass is 16.5. The molecule has 0 spiro atoms. The molecule has 0 aromatic carbocycles. The summed E-state index contributed by atoms with van der Waals surface area (Å²) < 4.78 is 4.68. The van der Waals surface area contributed by atoms with Crippen LogP contribution in [0.4, 0.5) is 0 Å². The van der Waals surface area contributed by atoms with Gasteiger partial charge in [0.1, 0.15) is 0 Å². The molecule has 0 saturated carbocycles. The van der Waals surface area contributed by atoms with Crippen LogP contribution in [0.2, 0.25) is 0 Å². The second-order valence-corrected chi connectivity index (χ2v) is 1.35. The van der Waals surface area contributed by atoms with Crippen molar-refractivity contribution in [1.82, 2.24) is 5.32 Å². The van der Waals surface area contributed by atoms with Gasteiger partial charge in [0.05, 0.1) is 12.9 Å². The first kappa shape index (κ1) is 8.68. The van der Waals surface area contributed by atoms with E-state index in [0.717, 1.165) is 6.08 Å². The van der Waals surface area contributed by atoms with E-state index < -0.39 is 5.91 Å². The van der Waals surface area contributed by atoms with Gasteiger partial charge in [-0.2, -0.15) is 0 Å². The second-order valence-electron chi connectivity index (χ2n) is 1.35. The fourth-order valence-corrected chi connectivity index (χ4v) is 0.298. The second kappa shape index (κ2) is 5.81. The minimum Gasteiger partial charge on any atom is -0.501 e. The smallest absolute Gasteiger partial charge is 0.316 e. The van der Waals surface area contributed by atoms with Gasteiger partial charge in [-0.1, -0.05) is 0 Å². The van der Waals surface area contributed by atoms with Crippen LogP contribution in [0, 0.1) is 0 Å². The molecular weight excluding hydrogens is 134 g/mol. The van der Waals surface area contributed by atoms with Crippen LogP contribution in [0.3, 0.4) is 0 Å². The maximum Gasteiger partial charge on any atom is 0.316 e. The molecule has 0 aromatic heterocycles. The molecule has 0 rings (SSSR count). The van der Waals surface area contributed by atoms with Gasteiger partial charge in [-0.05, 0) is 6.92 Å². The largest absolute Gasteiger partial charge is 0.501 e. The highest BCUT2D eigenvalue weighted by Crippen LogP contribution is 1.75. The number of amides is 2. The van der Waals surface area contributed by atoms with Crippen molar-refractivity contribution in [3.63, 3.8) is 0 Å². The number of carbonyl (C=O) groups is 1. The van der Waals surface area contributed by atoms with Crippen LogP contribution in [0.25, 0.3) is 0 Å². The van der Waals surface area contributed by atoms with Crippen molar-refractivity contribution < 1.29 is 14.3 Å². The molecule has 1 radical (unpaired) electrons. The fraction of sp³-hybridized carbons (Fsp3) is 0.333. The molecule has 0 aliphatic rings. The van der Waals surface area contributed by atoms with E-state index in [1.807, 2.05) is 0 Å². The lowest BCUT2D eigenvalue weighted by atomic mass is 10.6. The van der Waals surface area contributed by atoms with Crippen LogP contribution >= 0.6 is 0 Å². The first-order chi connectivity index (χ1) is 4.81. The molecule has 0 aromatic rings. The zero-order valence-corrected chi connectivity index (χ0v) is 5.59. The van der Waals surface area contributed by atoms with Crippen molar-refractivity contribution in [2.24, 2.45) is 0 Å². The number of carbonyl (C=O) groups excluding carboxylic acids is 2. The Kier molecular flexibility index (Phi) is 5.04. The quantitative estimate of drug-likeness (QED) is 0.333. The summed E-state index contributed by atoms with van der Waals surface area (Å²) in [5, 5.41) is 1.79. The summed E-state index contributed by atoms with van der Waals surface area (Å²) in [6.45, 7) is 2.28. The molecule has 0 saturated heterocycles. The van der Waals surface area contributed by atoms with E-state index in [4.69, 9.17) is 0 Å². The summed E-state index contributed by atoms with van der Waals surface area (Å²) in [5.74, 6) is -0.538. The van der Waals surface area contributed by atoms with E-state index in [0.29, 0.717) is 6.61 Å². The molecule has 0 atom stereocenters. The van der Waals surface area contributed by atoms with Crippen molar-refractivity contribution in [1.29, 1.82) is 0 Å². The molecule has 55 valence electrons. The number of hydrogen-bond donors (Lipinski definition) is 1. The maximum absolute atomic E-state index is 10.4. The lowest BCUT2D eigenvalue weighted by molar-refractivity contribution is -0.115. The number of rotatable bonds is 4. The van der Waals surface area contributed by atoms with Gasteiger partial charge in [0.25, 0.3) is 5.91 Å². The normalized spacial score (nSPS) is 9.30. The van der Waals surface area contributed by atoms with Crippen LogP contribution in [-0.2, 0) is 14.3 Å². The maximum atomic E-state index is 10.4. The van der Waals surface area contributed by atoms with E-state index in [-0.39, 0.29) is 0 Å². The average Bonchev–Trinajstić information content (AvgIpc) is 1.89. The molecule has 0 fully saturated rings. The van der Waals surface area contributed by atoms with Gasteiger partial charge in [0.2, 0.25) is 0 Å². The summed E-state index contributed by atoms with van der Waals surface area (Å²) in [6.07, 6.45) is 3.56. The third-order valence-corrected chi connectivity index (χ3v) is 0.657. The Morgan fingerprint density at radius 3 is 3.00 bits per heavy atom. The van der Waals surface area contributed by atoms with Gasteiger partial charge in [-0.3, -0.25) is 14.9 Å². The average molecular weight is 142 g/mol. The molecule has 2 amide bonds. The van der Waals surface area contributed by atoms with E-state index in [1.54, 1.807) is 12.2 Å². The highest BCUT2D eigenvalue weighted by Gasteiger charge is 1.89. The molecule has 0 aliphatic carbocycles. The predicted molar refractivity (Wildman–Crippen MR) is 34.6 cm³/mol. The van der Waals surface area contributed by atoms with E-state index in [9.17, 15) is 9.59 Å². The van der Waals surface area contributed by atoms with Crippen molar-refractivity contribution in [3.8, 4) is 0 Å². The summed E-state index contributed by atoms with van der Waals surface area (Å²) in [5.41, 5.74) is 0. The van der Waals surface area contributed by atoms with Gasteiger partial charge in [-0.25, -0.2) is 0 Å². The Morgan fingerprint density at radius 2 is 2.50 bits per heavy atom. The summed E-state index contributed by atoms with van der Waals surface area (Å²) in [4.78, 5) is 19.9. The lowest BCUT2D eigenvalue weighted by Crippen LogP contribution is -2.18. The van der Waals surface area contributed by atoms with Gasteiger partial charge >= 0.3 is 6.41 Å². The van der Waals surface area contributed by atoms with Crippen molar-refractivity contribution >= 4 is 12.3 Å². The van der Waals surface area contributed by atoms with Crippen molar-refractivity contribution in [2.45, 2.75) is 6.92 Å². The highest BCUT2D eigenvalue weighted by molar-refractivity contribution is 5.94. The van der Waals surface area contributed by atoms with Crippen LogP contribution in [0.1, 0.15) is 6.92 Å². The predicted octanol–water partition coefficient (Wildman–Crippen LogP) is -0.280. The number of ether oxygens (including phenoxy) is 1. The Bertz CT molecular complexity index is 142. The number of nitrogens with one attached hydrogen (secondary N) is 1. The van der Waals surface area contributed by atoms with Crippen LogP contribution < -0.4 is 5.32 Å². The van der Waals surface area contributed by atoms with Gasteiger partial charge in [0.15, 0.2) is 0 Å². The van der Waals surface area contributed by atoms with E-state index in [1.165, 1.54) is 12.7 Å². The molecular formula is C6H8NO3. The summed E-state index contributed by atoms with van der Waals surface area (Å²) in [7, 11) is 0. The summed E-state index contributed by atoms with van der Waals surface area (Å²) >= 11 is 0. The van der Waals surface area contributed by atoms with Crippen LogP contribution in [-0.4, -0.2) is 18.9 Å². The number of hydrogen-bond acceptors (Lipinski definition) is 3. The molecule has 0 heterocycles. The SMILES string of the molecule is CCOC=CC(=O)N[C]=O. The van der Waals surface area contributed by atoms with E-state index in [2.05, 4.69) is 4.74 Å². The van der Waals surface area contributed by atoms with Crippen LogP contribution in [0.15, 0.2) is 12.3 Å². The molecule has 4 heteroatoms. The summed E-state index contributed by atoms with van der Waals surface area (Å²) in [6, 6.07) is 0. The van der Waals surface area contributed by atoms with Crippen LogP contribution in [0.5, 0.6) is 0 Å². The number of imide groups is 1. The first-order valence-corrected chi connectivity index (χ1v) is 2.76. The fourth-order valence-electron chi connectivity index (χ4n) is 0.298. The van der Waals surface area contributed by atoms with Gasteiger partial charge in [0, 0.05) is 6.08 Å². The molecule has 4 nitrogen and oxygen atoms in total. The minimum atomic E-state index is -0.538. The standard InChI is InChI=1S/C6H8NO3/c1-2-10-4-3-6(9)7-5-8/h3-4H,2H2,1H3,(H,7,8,9). The third kappa shape index (κ3) is 4.83. The topological polar surface area (TPSA) is 55.4 Å².